The fourth-order valence-corrected chi connectivity index (χ4v) is 11.2. The van der Waals surface area contributed by atoms with Crippen molar-refractivity contribution < 1.29 is 0 Å². The molecule has 3 heterocycles. The highest BCUT2D eigenvalue weighted by Gasteiger charge is 2.14. The van der Waals surface area contributed by atoms with Gasteiger partial charge in [0.25, 0.3) is 0 Å². The van der Waals surface area contributed by atoms with E-state index >= 15 is 0 Å². The number of fused-ring (bicyclic) bond motifs is 9. The minimum atomic E-state index is 1.24. The average Bonchev–Trinajstić information content (AvgIpc) is 3.84. The Morgan fingerprint density at radius 2 is 0.714 bits per heavy atom. The van der Waals surface area contributed by atoms with Crippen molar-refractivity contribution in [1.82, 2.24) is 0 Å². The van der Waals surface area contributed by atoms with Crippen molar-refractivity contribution in [2.24, 2.45) is 0 Å². The maximum absolute atomic E-state index is 2.42. The average molecular weight is 675 g/mol. The SMILES string of the molecule is c1ccc2cc3c(cc2c1)sc1c2cc4cc(-c5ccc6cc(-c7ccc(-c8cc9ccccc9s8)cc7)ccc6c5)ccc4cc2sc31. The normalized spacial score (nSPS) is 12.1. The summed E-state index contributed by atoms with van der Waals surface area (Å²) in [5.41, 5.74) is 6.26. The first-order chi connectivity index (χ1) is 24.2. The monoisotopic (exact) mass is 674 g/mol. The lowest BCUT2D eigenvalue weighted by atomic mass is 9.96. The van der Waals surface area contributed by atoms with Crippen molar-refractivity contribution >= 4 is 106 Å². The van der Waals surface area contributed by atoms with Gasteiger partial charge >= 0.3 is 0 Å². The Kier molecular flexibility index (Phi) is 5.97. The molecule has 0 fully saturated rings. The van der Waals surface area contributed by atoms with Crippen LogP contribution in [0.25, 0.3) is 105 Å². The van der Waals surface area contributed by atoms with Crippen molar-refractivity contribution in [3.8, 4) is 32.7 Å². The molecule has 0 nitrogen and oxygen atoms in total. The Bertz CT molecular complexity index is 3060. The number of hydrogen-bond donors (Lipinski definition) is 0. The first-order valence-electron chi connectivity index (χ1n) is 16.6. The smallest absolute Gasteiger partial charge is 0.0542 e. The zero-order valence-electron chi connectivity index (χ0n) is 26.2. The molecule has 49 heavy (non-hydrogen) atoms. The van der Waals surface area contributed by atoms with E-state index in [0.717, 1.165) is 0 Å². The van der Waals surface area contributed by atoms with Gasteiger partial charge in [-0.25, -0.2) is 0 Å². The van der Waals surface area contributed by atoms with Crippen LogP contribution in [0.4, 0.5) is 0 Å². The summed E-state index contributed by atoms with van der Waals surface area (Å²) in [7, 11) is 0. The topological polar surface area (TPSA) is 0 Å². The number of hydrogen-bond acceptors (Lipinski definition) is 3. The molecule has 0 aliphatic rings. The van der Waals surface area contributed by atoms with Crippen LogP contribution in [-0.4, -0.2) is 0 Å². The molecule has 0 aliphatic carbocycles. The Labute approximate surface area is 294 Å². The van der Waals surface area contributed by atoms with Crippen LogP contribution in [0.3, 0.4) is 0 Å². The van der Waals surface area contributed by atoms with Gasteiger partial charge in [0.15, 0.2) is 0 Å². The predicted molar refractivity (Wildman–Crippen MR) is 219 cm³/mol. The Hall–Kier alpha value is -5.32. The summed E-state index contributed by atoms with van der Waals surface area (Å²) in [5.74, 6) is 0. The zero-order chi connectivity index (χ0) is 32.1. The first kappa shape index (κ1) is 27.6. The highest BCUT2D eigenvalue weighted by molar-refractivity contribution is 7.36. The van der Waals surface area contributed by atoms with Gasteiger partial charge in [0.05, 0.1) is 9.40 Å². The fraction of sp³-hybridized carbons (Fsp3) is 0. The number of benzene rings is 8. The molecule has 0 atom stereocenters. The lowest BCUT2D eigenvalue weighted by molar-refractivity contribution is 1.63. The van der Waals surface area contributed by atoms with E-state index in [4.69, 9.17) is 0 Å². The van der Waals surface area contributed by atoms with Crippen molar-refractivity contribution in [3.05, 3.63) is 158 Å². The second-order valence-electron chi connectivity index (χ2n) is 13.0. The molecule has 3 aromatic heterocycles. The Morgan fingerprint density at radius 1 is 0.265 bits per heavy atom. The van der Waals surface area contributed by atoms with E-state index in [1.165, 1.54) is 105 Å². The van der Waals surface area contributed by atoms with E-state index in [1.807, 2.05) is 34.0 Å². The lowest BCUT2D eigenvalue weighted by Crippen LogP contribution is -1.83. The lowest BCUT2D eigenvalue weighted by Gasteiger charge is -2.09. The van der Waals surface area contributed by atoms with Crippen LogP contribution in [0.1, 0.15) is 0 Å². The quantitative estimate of drug-likeness (QED) is 0.175. The molecule has 0 saturated heterocycles. The van der Waals surface area contributed by atoms with Crippen molar-refractivity contribution in [1.29, 1.82) is 0 Å². The highest BCUT2D eigenvalue weighted by Crippen LogP contribution is 2.46. The van der Waals surface area contributed by atoms with Crippen LogP contribution in [-0.2, 0) is 0 Å². The van der Waals surface area contributed by atoms with E-state index in [1.54, 1.807) is 0 Å². The molecular weight excluding hydrogens is 649 g/mol. The molecule has 0 bridgehead atoms. The number of rotatable bonds is 3. The Morgan fingerprint density at radius 3 is 1.35 bits per heavy atom. The highest BCUT2D eigenvalue weighted by atomic mass is 32.1. The maximum Gasteiger partial charge on any atom is 0.0542 e. The molecule has 0 saturated carbocycles. The second-order valence-corrected chi connectivity index (χ2v) is 16.2. The molecule has 0 unspecified atom stereocenters. The van der Waals surface area contributed by atoms with Crippen LogP contribution in [0.15, 0.2) is 158 Å². The third-order valence-corrected chi connectivity index (χ3v) is 13.7. The Balaban J connectivity index is 0.931. The van der Waals surface area contributed by atoms with E-state index in [-0.39, 0.29) is 0 Å². The van der Waals surface area contributed by atoms with Crippen molar-refractivity contribution in [2.45, 2.75) is 0 Å². The second kappa shape index (κ2) is 10.6. The summed E-state index contributed by atoms with van der Waals surface area (Å²) >= 11 is 5.72. The van der Waals surface area contributed by atoms with E-state index in [0.29, 0.717) is 0 Å². The van der Waals surface area contributed by atoms with Gasteiger partial charge < -0.3 is 0 Å². The van der Waals surface area contributed by atoms with Gasteiger partial charge in [-0.05, 0) is 120 Å². The molecule has 0 amide bonds. The molecule has 8 aromatic carbocycles. The predicted octanol–water partition coefficient (Wildman–Crippen LogP) is 14.9. The summed E-state index contributed by atoms with van der Waals surface area (Å²) in [4.78, 5) is 1.31. The molecule has 0 N–H and O–H groups in total. The van der Waals surface area contributed by atoms with Crippen LogP contribution >= 0.6 is 34.0 Å². The van der Waals surface area contributed by atoms with E-state index in [2.05, 4.69) is 158 Å². The molecule has 11 aromatic rings. The molecule has 11 rings (SSSR count). The molecule has 0 spiro atoms. The summed E-state index contributed by atoms with van der Waals surface area (Å²) < 4.78 is 6.90. The van der Waals surface area contributed by atoms with Gasteiger partial charge in [-0.2, -0.15) is 0 Å². The largest absolute Gasteiger partial charge is 0.135 e. The zero-order valence-corrected chi connectivity index (χ0v) is 28.7. The first-order valence-corrected chi connectivity index (χ1v) is 19.0. The minimum absolute atomic E-state index is 1.24. The van der Waals surface area contributed by atoms with Gasteiger partial charge in [0, 0.05) is 29.7 Å². The van der Waals surface area contributed by atoms with Crippen molar-refractivity contribution in [2.75, 3.05) is 0 Å². The van der Waals surface area contributed by atoms with Crippen LogP contribution in [0.5, 0.6) is 0 Å². The van der Waals surface area contributed by atoms with Gasteiger partial charge in [0.2, 0.25) is 0 Å². The van der Waals surface area contributed by atoms with Crippen LogP contribution in [0, 0.1) is 0 Å². The fourth-order valence-electron chi connectivity index (χ4n) is 7.42. The standard InChI is InChI=1S/C46H26S3/c1-2-6-30-24-43-39(22-29(30)5-1)45-46(48-43)40-23-38-21-35(17-18-36(38)25-44(40)49-45)34-16-15-32-19-31(13-14-33(32)20-34)27-9-11-28(12-10-27)42-26-37-7-3-4-8-41(37)47-42/h1-26H. The maximum atomic E-state index is 2.42. The third kappa shape index (κ3) is 4.47. The van der Waals surface area contributed by atoms with E-state index in [9.17, 15) is 0 Å². The van der Waals surface area contributed by atoms with Gasteiger partial charge in [-0.15, -0.1) is 34.0 Å². The van der Waals surface area contributed by atoms with Crippen molar-refractivity contribution in [3.63, 3.8) is 0 Å². The molecule has 0 radical (unpaired) electrons. The van der Waals surface area contributed by atoms with E-state index < -0.39 is 0 Å². The molecule has 0 aliphatic heterocycles. The van der Waals surface area contributed by atoms with Gasteiger partial charge in [-0.3, -0.25) is 0 Å². The summed E-state index contributed by atoms with van der Waals surface area (Å²) in [5, 5.41) is 11.8. The van der Waals surface area contributed by atoms with Crippen LogP contribution < -0.4 is 0 Å². The summed E-state index contributed by atoms with van der Waals surface area (Å²) in [6.45, 7) is 0. The molecular formula is C46H26S3. The van der Waals surface area contributed by atoms with Crippen LogP contribution in [0.2, 0.25) is 0 Å². The summed E-state index contributed by atoms with van der Waals surface area (Å²) in [6, 6.07) is 58.8. The molecule has 228 valence electrons. The minimum Gasteiger partial charge on any atom is -0.135 e. The third-order valence-electron chi connectivity index (χ3n) is 10.0. The summed E-state index contributed by atoms with van der Waals surface area (Å²) in [6.07, 6.45) is 0. The van der Waals surface area contributed by atoms with Gasteiger partial charge in [-0.1, -0.05) is 103 Å². The van der Waals surface area contributed by atoms with Gasteiger partial charge in [0.1, 0.15) is 0 Å². The molecule has 3 heteroatoms. The number of thiophene rings is 3.